The fourth-order valence-corrected chi connectivity index (χ4v) is 3.73. The van der Waals surface area contributed by atoms with Crippen LogP contribution in [0.5, 0.6) is 0 Å². The molecule has 19 heavy (non-hydrogen) atoms. The molecule has 1 aliphatic heterocycles. The van der Waals surface area contributed by atoms with Gasteiger partial charge in [-0.05, 0) is 38.3 Å². The Morgan fingerprint density at radius 1 is 1.42 bits per heavy atom. The molecule has 6 nitrogen and oxygen atoms in total. The van der Waals surface area contributed by atoms with Gasteiger partial charge in [0.05, 0.1) is 11.3 Å². The van der Waals surface area contributed by atoms with Gasteiger partial charge in [-0.15, -0.1) is 0 Å². The summed E-state index contributed by atoms with van der Waals surface area (Å²) in [7, 11) is -3.68. The lowest BCUT2D eigenvalue weighted by atomic mass is 9.98. The van der Waals surface area contributed by atoms with Crippen molar-refractivity contribution < 1.29 is 13.5 Å². The molecule has 1 atom stereocenters. The summed E-state index contributed by atoms with van der Waals surface area (Å²) in [6, 6.07) is 3.12. The minimum absolute atomic E-state index is 0.100. The minimum atomic E-state index is -3.68. The highest BCUT2D eigenvalue weighted by Gasteiger charge is 2.33. The molecule has 2 rings (SSSR count). The van der Waals surface area contributed by atoms with Crippen LogP contribution >= 0.6 is 0 Å². The molecule has 106 valence electrons. The third-order valence-electron chi connectivity index (χ3n) is 3.41. The van der Waals surface area contributed by atoms with Gasteiger partial charge < -0.3 is 10.8 Å². The highest BCUT2D eigenvalue weighted by Crippen LogP contribution is 2.26. The molecule has 0 bridgehead atoms. The van der Waals surface area contributed by atoms with Gasteiger partial charge in [-0.25, -0.2) is 13.4 Å². The Bertz CT molecular complexity index is 557. The van der Waals surface area contributed by atoms with Crippen LogP contribution in [0.3, 0.4) is 0 Å². The van der Waals surface area contributed by atoms with Crippen molar-refractivity contribution in [1.29, 1.82) is 0 Å². The number of aliphatic hydroxyl groups is 1. The van der Waals surface area contributed by atoms with Crippen LogP contribution in [0.4, 0.5) is 5.69 Å². The monoisotopic (exact) mass is 285 g/mol. The molecular formula is C12H19N3O3S. The van der Waals surface area contributed by atoms with Crippen LogP contribution in [0.25, 0.3) is 0 Å². The molecule has 1 fully saturated rings. The van der Waals surface area contributed by atoms with Crippen LogP contribution in [-0.2, 0) is 10.0 Å². The van der Waals surface area contributed by atoms with E-state index in [1.807, 2.05) is 0 Å². The summed E-state index contributed by atoms with van der Waals surface area (Å²) in [5.74, 6) is 0. The summed E-state index contributed by atoms with van der Waals surface area (Å²) in [6.07, 6.45) is 3.05. The van der Waals surface area contributed by atoms with Gasteiger partial charge in [0, 0.05) is 19.3 Å². The second-order valence-corrected chi connectivity index (χ2v) is 7.01. The van der Waals surface area contributed by atoms with Crippen LogP contribution in [0.1, 0.15) is 26.2 Å². The molecule has 1 aliphatic rings. The Balaban J connectivity index is 2.28. The largest absolute Gasteiger partial charge is 0.396 e. The maximum Gasteiger partial charge on any atom is 0.262 e. The lowest BCUT2D eigenvalue weighted by Gasteiger charge is -2.22. The summed E-state index contributed by atoms with van der Waals surface area (Å²) in [5, 5.41) is 9.90. The summed E-state index contributed by atoms with van der Waals surface area (Å²) >= 11 is 0. The number of aromatic nitrogens is 1. The average Bonchev–Trinajstić information content (AvgIpc) is 2.51. The van der Waals surface area contributed by atoms with E-state index < -0.39 is 15.6 Å². The number of nitrogens with two attached hydrogens (primary N) is 1. The molecule has 1 aromatic rings. The number of hydrogen-bond acceptors (Lipinski definition) is 5. The van der Waals surface area contributed by atoms with Crippen molar-refractivity contribution in [3.63, 3.8) is 0 Å². The van der Waals surface area contributed by atoms with E-state index in [1.54, 1.807) is 13.0 Å². The van der Waals surface area contributed by atoms with Crippen LogP contribution < -0.4 is 5.73 Å². The molecule has 1 saturated heterocycles. The van der Waals surface area contributed by atoms with Crippen LogP contribution in [0, 0.1) is 0 Å². The van der Waals surface area contributed by atoms with E-state index in [0.29, 0.717) is 25.8 Å². The third kappa shape index (κ3) is 3.05. The first-order chi connectivity index (χ1) is 8.83. The Kier molecular flexibility index (Phi) is 3.80. The maximum absolute atomic E-state index is 12.5. The third-order valence-corrected chi connectivity index (χ3v) is 5.28. The number of nitrogen functional groups attached to an aromatic ring is 1. The summed E-state index contributed by atoms with van der Waals surface area (Å²) in [6.45, 7) is 2.40. The van der Waals surface area contributed by atoms with Gasteiger partial charge in [0.15, 0.2) is 5.03 Å². The SMILES string of the molecule is CC1(O)CCCN(S(=O)(=O)c2ncccc2N)CC1. The first-order valence-corrected chi connectivity index (χ1v) is 7.70. The van der Waals surface area contributed by atoms with Crippen molar-refractivity contribution in [3.8, 4) is 0 Å². The number of pyridine rings is 1. The zero-order chi connectivity index (χ0) is 14.1. The van der Waals surface area contributed by atoms with E-state index in [-0.39, 0.29) is 17.3 Å². The van der Waals surface area contributed by atoms with Gasteiger partial charge in [0.1, 0.15) is 0 Å². The zero-order valence-corrected chi connectivity index (χ0v) is 11.7. The second kappa shape index (κ2) is 5.07. The number of anilines is 1. The molecule has 0 spiro atoms. The van der Waals surface area contributed by atoms with Crippen LogP contribution in [0.2, 0.25) is 0 Å². The Labute approximate surface area is 113 Å². The van der Waals surface area contributed by atoms with E-state index in [9.17, 15) is 13.5 Å². The van der Waals surface area contributed by atoms with E-state index in [1.165, 1.54) is 16.6 Å². The van der Waals surface area contributed by atoms with Gasteiger partial charge in [0.2, 0.25) is 0 Å². The van der Waals surface area contributed by atoms with Crippen molar-refractivity contribution >= 4 is 15.7 Å². The van der Waals surface area contributed by atoms with Crippen molar-refractivity contribution in [2.24, 2.45) is 0 Å². The topological polar surface area (TPSA) is 96.5 Å². The number of sulfonamides is 1. The van der Waals surface area contributed by atoms with E-state index in [4.69, 9.17) is 5.73 Å². The molecule has 2 heterocycles. The van der Waals surface area contributed by atoms with Crippen LogP contribution in [0.15, 0.2) is 23.4 Å². The fraction of sp³-hybridized carbons (Fsp3) is 0.583. The van der Waals surface area contributed by atoms with Gasteiger partial charge in [-0.2, -0.15) is 4.31 Å². The van der Waals surface area contributed by atoms with Crippen molar-refractivity contribution in [3.05, 3.63) is 18.3 Å². The lowest BCUT2D eigenvalue weighted by molar-refractivity contribution is 0.0465. The van der Waals surface area contributed by atoms with Crippen molar-refractivity contribution in [2.45, 2.75) is 36.8 Å². The molecule has 0 aromatic carbocycles. The standard InChI is InChI=1S/C12H19N3O3S/c1-12(16)5-3-8-15(9-6-12)19(17,18)11-10(13)4-2-7-14-11/h2,4,7,16H,3,5-6,8-9,13H2,1H3. The molecule has 0 aliphatic carbocycles. The highest BCUT2D eigenvalue weighted by atomic mass is 32.2. The lowest BCUT2D eigenvalue weighted by Crippen LogP contribution is -2.34. The molecule has 0 saturated carbocycles. The normalized spacial score (nSPS) is 26.0. The van der Waals surface area contributed by atoms with E-state index in [2.05, 4.69) is 4.98 Å². The number of hydrogen-bond donors (Lipinski definition) is 2. The Hall–Kier alpha value is -1.18. The Morgan fingerprint density at radius 3 is 2.84 bits per heavy atom. The van der Waals surface area contributed by atoms with E-state index >= 15 is 0 Å². The van der Waals surface area contributed by atoms with E-state index in [0.717, 1.165) is 0 Å². The van der Waals surface area contributed by atoms with Gasteiger partial charge in [0.25, 0.3) is 10.0 Å². The highest BCUT2D eigenvalue weighted by molar-refractivity contribution is 7.89. The molecule has 0 radical (unpaired) electrons. The molecule has 0 amide bonds. The van der Waals surface area contributed by atoms with Gasteiger partial charge in [-0.1, -0.05) is 0 Å². The van der Waals surface area contributed by atoms with Gasteiger partial charge >= 0.3 is 0 Å². The molecule has 1 unspecified atom stereocenters. The second-order valence-electron chi connectivity index (χ2n) is 5.15. The minimum Gasteiger partial charge on any atom is -0.396 e. The zero-order valence-electron chi connectivity index (χ0n) is 10.9. The quantitative estimate of drug-likeness (QED) is 0.829. The Morgan fingerprint density at radius 2 is 2.16 bits per heavy atom. The summed E-state index contributed by atoms with van der Waals surface area (Å²) in [4.78, 5) is 3.87. The predicted octanol–water partition coefficient (Wildman–Crippen LogP) is 0.589. The summed E-state index contributed by atoms with van der Waals surface area (Å²) < 4.78 is 26.3. The molecule has 1 aromatic heterocycles. The number of nitrogens with zero attached hydrogens (tertiary/aromatic N) is 2. The summed E-state index contributed by atoms with van der Waals surface area (Å²) in [5.41, 5.74) is 5.03. The van der Waals surface area contributed by atoms with Crippen LogP contribution in [-0.4, -0.2) is 41.5 Å². The fourth-order valence-electron chi connectivity index (χ4n) is 2.22. The molecular weight excluding hydrogens is 266 g/mol. The predicted molar refractivity (Wildman–Crippen MR) is 71.9 cm³/mol. The molecule has 7 heteroatoms. The average molecular weight is 285 g/mol. The van der Waals surface area contributed by atoms with Crippen molar-refractivity contribution in [2.75, 3.05) is 18.8 Å². The number of rotatable bonds is 2. The first kappa shape index (κ1) is 14.2. The first-order valence-electron chi connectivity index (χ1n) is 6.26. The maximum atomic E-state index is 12.5. The molecule has 3 N–H and O–H groups in total. The smallest absolute Gasteiger partial charge is 0.262 e. The van der Waals surface area contributed by atoms with Crippen molar-refractivity contribution in [1.82, 2.24) is 9.29 Å². The van der Waals surface area contributed by atoms with Gasteiger partial charge in [-0.3, -0.25) is 0 Å².